The summed E-state index contributed by atoms with van der Waals surface area (Å²) < 4.78 is 0. The normalized spacial score (nSPS) is 20.5. The first-order chi connectivity index (χ1) is 14.5. The van der Waals surface area contributed by atoms with Crippen molar-refractivity contribution in [2.75, 3.05) is 6.54 Å². The molecule has 0 saturated carbocycles. The summed E-state index contributed by atoms with van der Waals surface area (Å²) in [7, 11) is 0. The molecule has 1 N–H and O–H groups in total. The van der Waals surface area contributed by atoms with Crippen LogP contribution in [0.15, 0.2) is 48.0 Å². The predicted octanol–water partition coefficient (Wildman–Crippen LogP) is 5.10. The first-order valence-electron chi connectivity index (χ1n) is 11.0. The number of benzene rings is 2. The molecule has 30 heavy (non-hydrogen) atoms. The quantitative estimate of drug-likeness (QED) is 0.429. The van der Waals surface area contributed by atoms with E-state index in [1.807, 2.05) is 43.3 Å². The second kappa shape index (κ2) is 8.47. The van der Waals surface area contributed by atoms with Gasteiger partial charge in [0.25, 0.3) is 11.7 Å². The van der Waals surface area contributed by atoms with Crippen molar-refractivity contribution >= 4 is 17.4 Å². The SMILES string of the molecule is CCCCN1C(=O)C(=O)/C(=C(\O)c2ccc3c(c2)CCCC3)C1c1cccc(C)c1. The lowest BCUT2D eigenvalue weighted by molar-refractivity contribution is -0.139. The lowest BCUT2D eigenvalue weighted by Crippen LogP contribution is -2.30. The third kappa shape index (κ3) is 3.67. The number of rotatable bonds is 5. The van der Waals surface area contributed by atoms with E-state index in [1.165, 1.54) is 17.5 Å². The second-order valence-electron chi connectivity index (χ2n) is 8.45. The van der Waals surface area contributed by atoms with Gasteiger partial charge < -0.3 is 10.0 Å². The number of amides is 1. The molecule has 4 rings (SSSR count). The average molecular weight is 404 g/mol. The maximum Gasteiger partial charge on any atom is 0.295 e. The van der Waals surface area contributed by atoms with Crippen LogP contribution in [0.4, 0.5) is 0 Å². The van der Waals surface area contributed by atoms with E-state index in [9.17, 15) is 14.7 Å². The zero-order chi connectivity index (χ0) is 21.3. The Kier molecular flexibility index (Phi) is 5.76. The molecule has 2 aliphatic rings. The molecule has 4 nitrogen and oxygen atoms in total. The van der Waals surface area contributed by atoms with Crippen LogP contribution in [-0.2, 0) is 22.4 Å². The van der Waals surface area contributed by atoms with Crippen molar-refractivity contribution in [3.05, 3.63) is 75.9 Å². The maximum absolute atomic E-state index is 13.0. The van der Waals surface area contributed by atoms with Crippen molar-refractivity contribution in [2.45, 2.75) is 58.4 Å². The summed E-state index contributed by atoms with van der Waals surface area (Å²) in [5.41, 5.74) is 5.31. The van der Waals surface area contributed by atoms with Crippen molar-refractivity contribution in [2.24, 2.45) is 0 Å². The van der Waals surface area contributed by atoms with E-state index >= 15 is 0 Å². The number of aliphatic hydroxyl groups excluding tert-OH is 1. The molecule has 0 aromatic heterocycles. The predicted molar refractivity (Wildman–Crippen MR) is 118 cm³/mol. The summed E-state index contributed by atoms with van der Waals surface area (Å²) in [5, 5.41) is 11.2. The number of aryl methyl sites for hydroxylation is 3. The Hall–Kier alpha value is -2.88. The largest absolute Gasteiger partial charge is 0.507 e. The highest BCUT2D eigenvalue weighted by molar-refractivity contribution is 6.46. The Labute approximate surface area is 178 Å². The monoisotopic (exact) mass is 403 g/mol. The van der Waals surface area contributed by atoms with Crippen molar-refractivity contribution in [3.8, 4) is 0 Å². The van der Waals surface area contributed by atoms with E-state index in [0.717, 1.165) is 43.2 Å². The number of ketones is 1. The van der Waals surface area contributed by atoms with Gasteiger partial charge >= 0.3 is 0 Å². The highest BCUT2D eigenvalue weighted by Gasteiger charge is 2.45. The Morgan fingerprint density at radius 2 is 1.83 bits per heavy atom. The topological polar surface area (TPSA) is 57.6 Å². The molecule has 1 saturated heterocycles. The highest BCUT2D eigenvalue weighted by Crippen LogP contribution is 2.40. The molecule has 1 amide bonds. The molecular formula is C26H29NO3. The minimum atomic E-state index is -0.590. The van der Waals surface area contributed by atoms with E-state index in [-0.39, 0.29) is 11.3 Å². The van der Waals surface area contributed by atoms with Crippen LogP contribution < -0.4 is 0 Å². The number of likely N-dealkylation sites (tertiary alicyclic amines) is 1. The number of aliphatic hydroxyl groups is 1. The standard InChI is InChI=1S/C26H29NO3/c1-3-4-14-27-23(20-11-7-8-17(2)15-20)22(25(29)26(27)30)24(28)21-13-12-18-9-5-6-10-19(18)16-21/h7-8,11-13,15-16,23,28H,3-6,9-10,14H2,1-2H3/b24-22-. The van der Waals surface area contributed by atoms with Gasteiger partial charge in [0.2, 0.25) is 0 Å². The average Bonchev–Trinajstić information content (AvgIpc) is 3.01. The number of fused-ring (bicyclic) bond motifs is 1. The smallest absolute Gasteiger partial charge is 0.295 e. The molecular weight excluding hydrogens is 374 g/mol. The molecule has 1 unspecified atom stereocenters. The van der Waals surface area contributed by atoms with Crippen molar-refractivity contribution in [3.63, 3.8) is 0 Å². The summed E-state index contributed by atoms with van der Waals surface area (Å²) in [6.45, 7) is 4.55. The fourth-order valence-corrected chi connectivity index (χ4v) is 4.66. The summed E-state index contributed by atoms with van der Waals surface area (Å²) >= 11 is 0. The summed E-state index contributed by atoms with van der Waals surface area (Å²) in [4.78, 5) is 27.6. The van der Waals surface area contributed by atoms with Crippen LogP contribution in [-0.4, -0.2) is 28.2 Å². The highest BCUT2D eigenvalue weighted by atomic mass is 16.3. The molecule has 0 bridgehead atoms. The lowest BCUT2D eigenvalue weighted by atomic mass is 9.88. The molecule has 0 spiro atoms. The number of Topliss-reactive ketones (excluding diaryl/α,β-unsaturated/α-hetero) is 1. The molecule has 156 valence electrons. The molecule has 1 aliphatic heterocycles. The third-order valence-corrected chi connectivity index (χ3v) is 6.27. The number of hydrogen-bond acceptors (Lipinski definition) is 3. The van der Waals surface area contributed by atoms with Crippen molar-refractivity contribution in [1.82, 2.24) is 4.90 Å². The van der Waals surface area contributed by atoms with Gasteiger partial charge in [-0.05, 0) is 61.8 Å². The van der Waals surface area contributed by atoms with Gasteiger partial charge in [-0.15, -0.1) is 0 Å². The number of unbranched alkanes of at least 4 members (excludes halogenated alkanes) is 1. The minimum absolute atomic E-state index is 0.0628. The summed E-state index contributed by atoms with van der Waals surface area (Å²) in [5.74, 6) is -1.17. The zero-order valence-electron chi connectivity index (χ0n) is 17.8. The molecule has 1 aliphatic carbocycles. The number of carbonyl (C=O) groups excluding carboxylic acids is 2. The van der Waals surface area contributed by atoms with Crippen LogP contribution in [0.2, 0.25) is 0 Å². The van der Waals surface area contributed by atoms with Gasteiger partial charge in [0.05, 0.1) is 11.6 Å². The summed E-state index contributed by atoms with van der Waals surface area (Å²) in [6, 6.07) is 13.2. The molecule has 1 fully saturated rings. The van der Waals surface area contributed by atoms with Gasteiger partial charge in [-0.25, -0.2) is 0 Å². The molecule has 2 aromatic rings. The number of nitrogens with zero attached hydrogens (tertiary/aromatic N) is 1. The summed E-state index contributed by atoms with van der Waals surface area (Å²) in [6.07, 6.45) is 6.11. The van der Waals surface area contributed by atoms with Gasteiger partial charge in [-0.2, -0.15) is 0 Å². The minimum Gasteiger partial charge on any atom is -0.507 e. The van der Waals surface area contributed by atoms with Crippen LogP contribution >= 0.6 is 0 Å². The first-order valence-corrected chi connectivity index (χ1v) is 11.0. The van der Waals surface area contributed by atoms with Crippen LogP contribution in [0, 0.1) is 6.92 Å². The molecule has 1 heterocycles. The van der Waals surface area contributed by atoms with Crippen LogP contribution in [0.3, 0.4) is 0 Å². The Morgan fingerprint density at radius 1 is 1.07 bits per heavy atom. The van der Waals surface area contributed by atoms with Gasteiger partial charge in [0.1, 0.15) is 5.76 Å². The van der Waals surface area contributed by atoms with Crippen LogP contribution in [0.25, 0.3) is 5.76 Å². The molecule has 1 atom stereocenters. The molecule has 0 radical (unpaired) electrons. The van der Waals surface area contributed by atoms with E-state index in [1.54, 1.807) is 4.90 Å². The lowest BCUT2D eigenvalue weighted by Gasteiger charge is -2.25. The number of carbonyl (C=O) groups is 2. The van der Waals surface area contributed by atoms with Gasteiger partial charge in [-0.3, -0.25) is 9.59 Å². The van der Waals surface area contributed by atoms with Gasteiger partial charge in [-0.1, -0.05) is 55.3 Å². The van der Waals surface area contributed by atoms with Crippen molar-refractivity contribution in [1.29, 1.82) is 0 Å². The Bertz CT molecular complexity index is 1020. The second-order valence-corrected chi connectivity index (χ2v) is 8.45. The van der Waals surface area contributed by atoms with E-state index in [4.69, 9.17) is 0 Å². The van der Waals surface area contributed by atoms with E-state index in [0.29, 0.717) is 12.1 Å². The fraction of sp³-hybridized carbons (Fsp3) is 0.385. The zero-order valence-corrected chi connectivity index (χ0v) is 17.8. The first kappa shape index (κ1) is 20.4. The van der Waals surface area contributed by atoms with Crippen LogP contribution in [0.5, 0.6) is 0 Å². The Balaban J connectivity index is 1.84. The van der Waals surface area contributed by atoms with Gasteiger partial charge in [0, 0.05) is 12.1 Å². The fourth-order valence-electron chi connectivity index (χ4n) is 4.66. The molecule has 4 heteroatoms. The molecule has 2 aromatic carbocycles. The van der Waals surface area contributed by atoms with Gasteiger partial charge in [0.15, 0.2) is 0 Å². The Morgan fingerprint density at radius 3 is 2.57 bits per heavy atom. The number of hydrogen-bond donors (Lipinski definition) is 1. The maximum atomic E-state index is 13.0. The van der Waals surface area contributed by atoms with Crippen LogP contribution in [0.1, 0.15) is 66.5 Å². The van der Waals surface area contributed by atoms with E-state index < -0.39 is 17.7 Å². The van der Waals surface area contributed by atoms with E-state index in [2.05, 4.69) is 13.0 Å². The third-order valence-electron chi connectivity index (χ3n) is 6.27. The van der Waals surface area contributed by atoms with Crippen molar-refractivity contribution < 1.29 is 14.7 Å².